The number of hydrogen-bond donors (Lipinski definition) is 2. The lowest BCUT2D eigenvalue weighted by molar-refractivity contribution is 0.111. The summed E-state index contributed by atoms with van der Waals surface area (Å²) in [5.74, 6) is 0. The van der Waals surface area contributed by atoms with Crippen molar-refractivity contribution in [3.8, 4) is 0 Å². The molecule has 1 saturated heterocycles. The number of carbonyl (C=O) groups excluding carboxylic acids is 1. The zero-order chi connectivity index (χ0) is 12.3. The van der Waals surface area contributed by atoms with E-state index in [1.165, 1.54) is 11.3 Å². The molecule has 1 aromatic heterocycles. The number of nitrogens with one attached hydrogen (secondary N) is 1. The van der Waals surface area contributed by atoms with Gasteiger partial charge in [0.15, 0.2) is 11.4 Å². The Balaban J connectivity index is 1.90. The molecular weight excluding hydrogens is 242 g/mol. The standard InChI is InChI=1S/C10H13N3O3S/c14-5-8-6-17-9(11-8)13-3-1-7(2-4-13)12-10(15)16/h5-7,12H,1-4H2,(H,15,16). The van der Waals surface area contributed by atoms with Crippen LogP contribution >= 0.6 is 11.3 Å². The van der Waals surface area contributed by atoms with Crippen LogP contribution in [0.15, 0.2) is 5.38 Å². The summed E-state index contributed by atoms with van der Waals surface area (Å²) in [5.41, 5.74) is 0.454. The Morgan fingerprint density at radius 1 is 1.59 bits per heavy atom. The summed E-state index contributed by atoms with van der Waals surface area (Å²) in [6.45, 7) is 1.52. The van der Waals surface area contributed by atoms with Gasteiger partial charge in [-0.25, -0.2) is 9.78 Å². The van der Waals surface area contributed by atoms with E-state index in [4.69, 9.17) is 5.11 Å². The van der Waals surface area contributed by atoms with E-state index in [1.807, 2.05) is 0 Å². The lowest BCUT2D eigenvalue weighted by Crippen LogP contribution is -2.44. The van der Waals surface area contributed by atoms with Gasteiger partial charge in [0.25, 0.3) is 0 Å². The van der Waals surface area contributed by atoms with Crippen molar-refractivity contribution in [3.63, 3.8) is 0 Å². The fraction of sp³-hybridized carbons (Fsp3) is 0.500. The van der Waals surface area contributed by atoms with Crippen LogP contribution in [0.2, 0.25) is 0 Å². The molecule has 0 unspecified atom stereocenters. The van der Waals surface area contributed by atoms with E-state index in [0.29, 0.717) is 5.69 Å². The van der Waals surface area contributed by atoms with Crippen LogP contribution in [-0.4, -0.2) is 41.6 Å². The van der Waals surface area contributed by atoms with Crippen molar-refractivity contribution < 1.29 is 14.7 Å². The second kappa shape index (κ2) is 5.13. The first-order valence-electron chi connectivity index (χ1n) is 5.34. The molecule has 92 valence electrons. The zero-order valence-corrected chi connectivity index (χ0v) is 9.94. The predicted octanol–water partition coefficient (Wildman–Crippen LogP) is 1.19. The molecule has 0 aliphatic carbocycles. The molecule has 0 saturated carbocycles. The van der Waals surface area contributed by atoms with Crippen LogP contribution in [0.3, 0.4) is 0 Å². The van der Waals surface area contributed by atoms with Gasteiger partial charge in [0, 0.05) is 24.5 Å². The van der Waals surface area contributed by atoms with E-state index in [0.717, 1.165) is 37.3 Å². The molecule has 17 heavy (non-hydrogen) atoms. The molecule has 1 aromatic rings. The van der Waals surface area contributed by atoms with E-state index in [1.54, 1.807) is 5.38 Å². The number of hydrogen-bond acceptors (Lipinski definition) is 5. The number of nitrogens with zero attached hydrogens (tertiary/aromatic N) is 2. The van der Waals surface area contributed by atoms with Crippen molar-refractivity contribution in [2.75, 3.05) is 18.0 Å². The minimum Gasteiger partial charge on any atom is -0.465 e. The van der Waals surface area contributed by atoms with Crippen molar-refractivity contribution in [1.29, 1.82) is 0 Å². The number of amides is 1. The summed E-state index contributed by atoms with van der Waals surface area (Å²) in [6, 6.07) is 0.0225. The summed E-state index contributed by atoms with van der Waals surface area (Å²) in [6.07, 6.45) is 1.30. The van der Waals surface area contributed by atoms with Gasteiger partial charge in [-0.3, -0.25) is 4.79 Å². The second-order valence-electron chi connectivity index (χ2n) is 3.88. The highest BCUT2D eigenvalue weighted by molar-refractivity contribution is 7.13. The largest absolute Gasteiger partial charge is 0.465 e. The Kier molecular flexibility index (Phi) is 3.58. The number of thiazole rings is 1. The second-order valence-corrected chi connectivity index (χ2v) is 4.72. The number of rotatable bonds is 3. The average Bonchev–Trinajstić information content (AvgIpc) is 2.78. The van der Waals surface area contributed by atoms with Gasteiger partial charge >= 0.3 is 6.09 Å². The highest BCUT2D eigenvalue weighted by Crippen LogP contribution is 2.23. The smallest absolute Gasteiger partial charge is 0.404 e. The third-order valence-electron chi connectivity index (χ3n) is 2.72. The summed E-state index contributed by atoms with van der Waals surface area (Å²) < 4.78 is 0. The summed E-state index contributed by atoms with van der Waals surface area (Å²) in [4.78, 5) is 27.3. The molecule has 7 heteroatoms. The fourth-order valence-corrected chi connectivity index (χ4v) is 2.69. The highest BCUT2D eigenvalue weighted by Gasteiger charge is 2.22. The number of carbonyl (C=O) groups is 2. The van der Waals surface area contributed by atoms with Crippen LogP contribution in [0.4, 0.5) is 9.93 Å². The van der Waals surface area contributed by atoms with Crippen LogP contribution in [0.1, 0.15) is 23.3 Å². The van der Waals surface area contributed by atoms with Crippen molar-refractivity contribution in [1.82, 2.24) is 10.3 Å². The Hall–Kier alpha value is -1.63. The van der Waals surface area contributed by atoms with Gasteiger partial charge in [-0.05, 0) is 12.8 Å². The third kappa shape index (κ3) is 2.94. The highest BCUT2D eigenvalue weighted by atomic mass is 32.1. The minimum absolute atomic E-state index is 0.0225. The molecule has 0 spiro atoms. The Morgan fingerprint density at radius 2 is 2.29 bits per heavy atom. The monoisotopic (exact) mass is 255 g/mol. The Bertz CT molecular complexity index is 413. The van der Waals surface area contributed by atoms with Crippen molar-refractivity contribution >= 4 is 28.8 Å². The molecule has 6 nitrogen and oxygen atoms in total. The quantitative estimate of drug-likeness (QED) is 0.793. The first kappa shape index (κ1) is 11.8. The summed E-state index contributed by atoms with van der Waals surface area (Å²) in [7, 11) is 0. The first-order chi connectivity index (χ1) is 8.19. The molecule has 1 aliphatic rings. The van der Waals surface area contributed by atoms with Crippen LogP contribution in [0, 0.1) is 0 Å². The van der Waals surface area contributed by atoms with Crippen molar-refractivity contribution in [2.45, 2.75) is 18.9 Å². The SMILES string of the molecule is O=Cc1csc(N2CCC(NC(=O)O)CC2)n1. The number of aldehydes is 1. The normalized spacial score (nSPS) is 16.8. The maximum atomic E-state index is 10.5. The molecule has 1 fully saturated rings. The number of piperidine rings is 1. The maximum Gasteiger partial charge on any atom is 0.404 e. The third-order valence-corrected chi connectivity index (χ3v) is 3.64. The maximum absolute atomic E-state index is 10.5. The number of aromatic nitrogens is 1. The molecule has 1 aliphatic heterocycles. The molecule has 0 bridgehead atoms. The van der Waals surface area contributed by atoms with E-state index in [-0.39, 0.29) is 6.04 Å². The van der Waals surface area contributed by atoms with E-state index >= 15 is 0 Å². The molecule has 0 aromatic carbocycles. The van der Waals surface area contributed by atoms with Crippen LogP contribution in [0.5, 0.6) is 0 Å². The van der Waals surface area contributed by atoms with Crippen molar-refractivity contribution in [3.05, 3.63) is 11.1 Å². The number of anilines is 1. The van der Waals surface area contributed by atoms with Gasteiger partial charge < -0.3 is 15.3 Å². The fourth-order valence-electron chi connectivity index (χ4n) is 1.87. The minimum atomic E-state index is -0.971. The van der Waals surface area contributed by atoms with Gasteiger partial charge in [-0.1, -0.05) is 0 Å². The van der Waals surface area contributed by atoms with E-state index < -0.39 is 6.09 Å². The van der Waals surface area contributed by atoms with Gasteiger partial charge in [0.2, 0.25) is 0 Å². The van der Waals surface area contributed by atoms with Crippen LogP contribution < -0.4 is 10.2 Å². The van der Waals surface area contributed by atoms with Gasteiger partial charge in [-0.2, -0.15) is 0 Å². The van der Waals surface area contributed by atoms with E-state index in [2.05, 4.69) is 15.2 Å². The van der Waals surface area contributed by atoms with Gasteiger partial charge in [0.1, 0.15) is 5.69 Å². The Morgan fingerprint density at radius 3 is 2.82 bits per heavy atom. The predicted molar refractivity (Wildman–Crippen MR) is 63.9 cm³/mol. The molecule has 0 atom stereocenters. The molecular formula is C10H13N3O3S. The Labute approximate surface area is 102 Å². The zero-order valence-electron chi connectivity index (χ0n) is 9.13. The average molecular weight is 255 g/mol. The summed E-state index contributed by atoms with van der Waals surface area (Å²) in [5, 5.41) is 13.7. The van der Waals surface area contributed by atoms with Crippen LogP contribution in [-0.2, 0) is 0 Å². The summed E-state index contributed by atoms with van der Waals surface area (Å²) >= 11 is 1.44. The molecule has 2 rings (SSSR count). The first-order valence-corrected chi connectivity index (χ1v) is 6.22. The van der Waals surface area contributed by atoms with Gasteiger partial charge in [0.05, 0.1) is 0 Å². The number of carboxylic acid groups (broad SMARTS) is 1. The lowest BCUT2D eigenvalue weighted by Gasteiger charge is -2.31. The topological polar surface area (TPSA) is 82.5 Å². The van der Waals surface area contributed by atoms with Crippen molar-refractivity contribution in [2.24, 2.45) is 0 Å². The van der Waals surface area contributed by atoms with Crippen LogP contribution in [0.25, 0.3) is 0 Å². The molecule has 0 radical (unpaired) electrons. The molecule has 2 N–H and O–H groups in total. The molecule has 2 heterocycles. The van der Waals surface area contributed by atoms with E-state index in [9.17, 15) is 9.59 Å². The molecule has 1 amide bonds. The van der Waals surface area contributed by atoms with Gasteiger partial charge in [-0.15, -0.1) is 11.3 Å². The lowest BCUT2D eigenvalue weighted by atomic mass is 10.1.